The lowest BCUT2D eigenvalue weighted by molar-refractivity contribution is 0.0339. The van der Waals surface area contributed by atoms with Crippen LogP contribution >= 0.6 is 0 Å². The molecule has 1 atom stereocenters. The fourth-order valence-corrected chi connectivity index (χ4v) is 1.16. The first-order valence-corrected chi connectivity index (χ1v) is 4.59. The van der Waals surface area contributed by atoms with Gasteiger partial charge in [-0.1, -0.05) is 19.8 Å². The lowest BCUT2D eigenvalue weighted by Crippen LogP contribution is -2.48. The summed E-state index contributed by atoms with van der Waals surface area (Å²) in [6.45, 7) is 5.26. The number of aliphatic hydroxyl groups is 1. The molecule has 0 saturated heterocycles. The molecule has 0 aromatic heterocycles. The van der Waals surface area contributed by atoms with Crippen LogP contribution < -0.4 is 5.32 Å². The summed E-state index contributed by atoms with van der Waals surface area (Å²) >= 11 is 0. The van der Waals surface area contributed by atoms with E-state index in [9.17, 15) is 9.90 Å². The summed E-state index contributed by atoms with van der Waals surface area (Å²) in [5, 5.41) is 20.5. The minimum atomic E-state index is -1.08. The Balaban J connectivity index is 4.11. The number of rotatable bonds is 5. The highest BCUT2D eigenvalue weighted by Crippen LogP contribution is 2.14. The lowest BCUT2D eigenvalue weighted by atomic mass is 9.94. The van der Waals surface area contributed by atoms with E-state index in [0.29, 0.717) is 6.42 Å². The van der Waals surface area contributed by atoms with Gasteiger partial charge in [-0.25, -0.2) is 4.79 Å². The second kappa shape index (κ2) is 5.07. The molecule has 0 aliphatic rings. The Labute approximate surface area is 79.0 Å². The molecule has 0 aliphatic carbocycles. The average Bonchev–Trinajstić information content (AvgIpc) is 1.95. The summed E-state index contributed by atoms with van der Waals surface area (Å²) in [6, 6.07) is -0.384. The summed E-state index contributed by atoms with van der Waals surface area (Å²) in [5.74, 6) is 0. The van der Waals surface area contributed by atoms with Gasteiger partial charge in [-0.15, -0.1) is 0 Å². The van der Waals surface area contributed by atoms with Crippen LogP contribution in [0.5, 0.6) is 0 Å². The second-order valence-corrected chi connectivity index (χ2v) is 3.80. The number of unbranched alkanes of at least 4 members (excludes halogenated alkanes) is 1. The standard InChI is InChI=1S/C9H19NO3/c1-4-5-6-7(9(2,3)13)10-8(11)12/h7,10,13H,4-6H2,1-3H3,(H,11,12). The topological polar surface area (TPSA) is 69.6 Å². The monoisotopic (exact) mass is 189 g/mol. The molecule has 78 valence electrons. The smallest absolute Gasteiger partial charge is 0.404 e. The van der Waals surface area contributed by atoms with Crippen molar-refractivity contribution in [2.24, 2.45) is 0 Å². The van der Waals surface area contributed by atoms with Gasteiger partial charge in [-0.05, 0) is 20.3 Å². The van der Waals surface area contributed by atoms with Crippen LogP contribution in [0.15, 0.2) is 0 Å². The summed E-state index contributed by atoms with van der Waals surface area (Å²) in [5.41, 5.74) is -0.992. The van der Waals surface area contributed by atoms with E-state index in [0.717, 1.165) is 12.8 Å². The largest absolute Gasteiger partial charge is 0.465 e. The highest BCUT2D eigenvalue weighted by atomic mass is 16.4. The molecule has 13 heavy (non-hydrogen) atoms. The van der Waals surface area contributed by atoms with Gasteiger partial charge in [0.25, 0.3) is 0 Å². The van der Waals surface area contributed by atoms with Crippen LogP contribution in [0.3, 0.4) is 0 Å². The van der Waals surface area contributed by atoms with Gasteiger partial charge in [0.15, 0.2) is 0 Å². The van der Waals surface area contributed by atoms with E-state index in [1.807, 2.05) is 6.92 Å². The van der Waals surface area contributed by atoms with E-state index >= 15 is 0 Å². The third-order valence-corrected chi connectivity index (χ3v) is 2.00. The van der Waals surface area contributed by atoms with Crippen LogP contribution in [-0.4, -0.2) is 27.9 Å². The van der Waals surface area contributed by atoms with E-state index < -0.39 is 11.7 Å². The summed E-state index contributed by atoms with van der Waals surface area (Å²) in [4.78, 5) is 10.4. The molecule has 0 aliphatic heterocycles. The minimum absolute atomic E-state index is 0.384. The van der Waals surface area contributed by atoms with Crippen LogP contribution in [0, 0.1) is 0 Å². The Bertz CT molecular complexity index is 163. The highest BCUT2D eigenvalue weighted by Gasteiger charge is 2.27. The van der Waals surface area contributed by atoms with Gasteiger partial charge in [-0.3, -0.25) is 0 Å². The van der Waals surface area contributed by atoms with Gasteiger partial charge < -0.3 is 15.5 Å². The van der Waals surface area contributed by atoms with Gasteiger partial charge in [0.1, 0.15) is 0 Å². The zero-order valence-corrected chi connectivity index (χ0v) is 8.50. The quantitative estimate of drug-likeness (QED) is 0.615. The molecule has 0 aromatic rings. The number of hydrogen-bond acceptors (Lipinski definition) is 2. The molecule has 4 nitrogen and oxygen atoms in total. The Hall–Kier alpha value is -0.770. The molecule has 3 N–H and O–H groups in total. The molecule has 0 spiro atoms. The Morgan fingerprint density at radius 2 is 2.08 bits per heavy atom. The van der Waals surface area contributed by atoms with Crippen molar-refractivity contribution in [3.8, 4) is 0 Å². The molecule has 4 heteroatoms. The third kappa shape index (κ3) is 5.47. The maximum atomic E-state index is 10.4. The molecule has 0 rings (SSSR count). The number of amides is 1. The van der Waals surface area contributed by atoms with Crippen LogP contribution in [0.2, 0.25) is 0 Å². The molecule has 0 radical (unpaired) electrons. The molecule has 1 amide bonds. The van der Waals surface area contributed by atoms with E-state index in [4.69, 9.17) is 5.11 Å². The SMILES string of the molecule is CCCCC(NC(=O)O)C(C)(C)O. The van der Waals surface area contributed by atoms with Crippen molar-refractivity contribution in [3.05, 3.63) is 0 Å². The first-order valence-electron chi connectivity index (χ1n) is 4.59. The molecule has 0 heterocycles. The molecular formula is C9H19NO3. The Kier molecular flexibility index (Phi) is 4.77. The van der Waals surface area contributed by atoms with Crippen molar-refractivity contribution < 1.29 is 15.0 Å². The summed E-state index contributed by atoms with van der Waals surface area (Å²) in [7, 11) is 0. The van der Waals surface area contributed by atoms with Gasteiger partial charge in [0.2, 0.25) is 0 Å². The van der Waals surface area contributed by atoms with E-state index in [1.165, 1.54) is 0 Å². The zero-order chi connectivity index (χ0) is 10.5. The van der Waals surface area contributed by atoms with Gasteiger partial charge in [-0.2, -0.15) is 0 Å². The van der Waals surface area contributed by atoms with Gasteiger partial charge in [0, 0.05) is 0 Å². The van der Waals surface area contributed by atoms with Crippen LogP contribution in [0.4, 0.5) is 4.79 Å². The molecule has 0 aromatic carbocycles. The van der Waals surface area contributed by atoms with Crippen molar-refractivity contribution in [2.45, 2.75) is 51.7 Å². The Morgan fingerprint density at radius 3 is 2.38 bits per heavy atom. The zero-order valence-electron chi connectivity index (χ0n) is 8.50. The number of carboxylic acid groups (broad SMARTS) is 1. The van der Waals surface area contributed by atoms with Crippen molar-refractivity contribution in [1.29, 1.82) is 0 Å². The maximum absolute atomic E-state index is 10.4. The number of carbonyl (C=O) groups is 1. The molecule has 0 saturated carbocycles. The highest BCUT2D eigenvalue weighted by molar-refractivity contribution is 5.65. The van der Waals surface area contributed by atoms with Gasteiger partial charge >= 0.3 is 6.09 Å². The predicted molar refractivity (Wildman–Crippen MR) is 50.8 cm³/mol. The Morgan fingerprint density at radius 1 is 1.54 bits per heavy atom. The molecular weight excluding hydrogens is 170 g/mol. The van der Waals surface area contributed by atoms with Crippen molar-refractivity contribution in [2.75, 3.05) is 0 Å². The van der Waals surface area contributed by atoms with Crippen LogP contribution in [0.25, 0.3) is 0 Å². The molecule has 1 unspecified atom stereocenters. The van der Waals surface area contributed by atoms with Gasteiger partial charge in [0.05, 0.1) is 11.6 Å². The first kappa shape index (κ1) is 12.2. The first-order chi connectivity index (χ1) is 5.88. The summed E-state index contributed by atoms with van der Waals surface area (Å²) in [6.07, 6.45) is 1.50. The number of nitrogens with one attached hydrogen (secondary N) is 1. The normalized spacial score (nSPS) is 13.8. The van der Waals surface area contributed by atoms with E-state index in [2.05, 4.69) is 5.32 Å². The maximum Gasteiger partial charge on any atom is 0.404 e. The second-order valence-electron chi connectivity index (χ2n) is 3.80. The summed E-state index contributed by atoms with van der Waals surface area (Å²) < 4.78 is 0. The number of hydrogen-bond donors (Lipinski definition) is 3. The fourth-order valence-electron chi connectivity index (χ4n) is 1.16. The van der Waals surface area contributed by atoms with Crippen molar-refractivity contribution in [3.63, 3.8) is 0 Å². The fraction of sp³-hybridized carbons (Fsp3) is 0.889. The third-order valence-electron chi connectivity index (χ3n) is 2.00. The van der Waals surface area contributed by atoms with Crippen molar-refractivity contribution >= 4 is 6.09 Å². The van der Waals surface area contributed by atoms with Crippen molar-refractivity contribution in [1.82, 2.24) is 5.32 Å². The van der Waals surface area contributed by atoms with Crippen LogP contribution in [-0.2, 0) is 0 Å². The average molecular weight is 189 g/mol. The van der Waals surface area contributed by atoms with Crippen LogP contribution in [0.1, 0.15) is 40.0 Å². The van der Waals surface area contributed by atoms with E-state index in [-0.39, 0.29) is 6.04 Å². The predicted octanol–water partition coefficient (Wildman–Crippen LogP) is 1.58. The minimum Gasteiger partial charge on any atom is -0.465 e. The molecule has 0 bridgehead atoms. The lowest BCUT2D eigenvalue weighted by Gasteiger charge is -2.29. The van der Waals surface area contributed by atoms with E-state index in [1.54, 1.807) is 13.8 Å². The molecule has 0 fully saturated rings.